The second kappa shape index (κ2) is 8.25. The fourth-order valence-corrected chi connectivity index (χ4v) is 1.73. The average Bonchev–Trinajstić information content (AvgIpc) is 2.25. The molecule has 2 atom stereocenters. The first-order valence-corrected chi connectivity index (χ1v) is 7.28. The summed E-state index contributed by atoms with van der Waals surface area (Å²) in [6.45, 7) is 11.2. The first-order chi connectivity index (χ1) is 9.06. The molecule has 0 aromatic heterocycles. The van der Waals surface area contributed by atoms with Gasteiger partial charge in [0.1, 0.15) is 17.7 Å². The summed E-state index contributed by atoms with van der Waals surface area (Å²) in [5.74, 6) is -0.734. The SMILES string of the molecule is CCCC(O)C(=O)NC(CC(C)C)C(=O)OC(C)(C)C. The van der Waals surface area contributed by atoms with Crippen LogP contribution in [0.2, 0.25) is 0 Å². The lowest BCUT2D eigenvalue weighted by Crippen LogP contribution is -2.48. The van der Waals surface area contributed by atoms with E-state index in [2.05, 4.69) is 5.32 Å². The number of esters is 1. The summed E-state index contributed by atoms with van der Waals surface area (Å²) in [7, 11) is 0. The van der Waals surface area contributed by atoms with Crippen LogP contribution in [0.4, 0.5) is 0 Å². The minimum atomic E-state index is -1.07. The van der Waals surface area contributed by atoms with Gasteiger partial charge in [-0.15, -0.1) is 0 Å². The maximum Gasteiger partial charge on any atom is 0.329 e. The van der Waals surface area contributed by atoms with Gasteiger partial charge >= 0.3 is 5.97 Å². The Bertz CT molecular complexity index is 320. The molecule has 0 aliphatic heterocycles. The van der Waals surface area contributed by atoms with Gasteiger partial charge in [0, 0.05) is 0 Å². The minimum absolute atomic E-state index is 0.233. The van der Waals surface area contributed by atoms with Crippen LogP contribution in [0.5, 0.6) is 0 Å². The molecule has 0 rings (SSSR count). The highest BCUT2D eigenvalue weighted by molar-refractivity contribution is 5.86. The molecule has 0 aliphatic carbocycles. The normalized spacial score (nSPS) is 14.8. The molecule has 118 valence electrons. The number of ether oxygens (including phenoxy) is 1. The van der Waals surface area contributed by atoms with E-state index in [9.17, 15) is 14.7 Å². The number of carbonyl (C=O) groups excluding carboxylic acids is 2. The van der Waals surface area contributed by atoms with Crippen LogP contribution in [0.15, 0.2) is 0 Å². The molecular weight excluding hydrogens is 258 g/mol. The van der Waals surface area contributed by atoms with Crippen LogP contribution in [0.1, 0.15) is 60.8 Å². The number of aliphatic hydroxyl groups is 1. The van der Waals surface area contributed by atoms with Crippen molar-refractivity contribution in [1.82, 2.24) is 5.32 Å². The van der Waals surface area contributed by atoms with Crippen molar-refractivity contribution in [3.05, 3.63) is 0 Å². The van der Waals surface area contributed by atoms with Gasteiger partial charge in [-0.3, -0.25) is 4.79 Å². The van der Waals surface area contributed by atoms with E-state index in [1.807, 2.05) is 20.8 Å². The smallest absolute Gasteiger partial charge is 0.329 e. The van der Waals surface area contributed by atoms with E-state index in [-0.39, 0.29) is 5.92 Å². The lowest BCUT2D eigenvalue weighted by atomic mass is 10.0. The highest BCUT2D eigenvalue weighted by atomic mass is 16.6. The quantitative estimate of drug-likeness (QED) is 0.702. The first kappa shape index (κ1) is 18.9. The largest absolute Gasteiger partial charge is 0.458 e. The van der Waals surface area contributed by atoms with Crippen LogP contribution in [0.25, 0.3) is 0 Å². The highest BCUT2D eigenvalue weighted by Gasteiger charge is 2.28. The van der Waals surface area contributed by atoms with E-state index in [1.54, 1.807) is 20.8 Å². The maximum atomic E-state index is 12.1. The average molecular weight is 287 g/mol. The summed E-state index contributed by atoms with van der Waals surface area (Å²) in [4.78, 5) is 23.9. The van der Waals surface area contributed by atoms with E-state index >= 15 is 0 Å². The lowest BCUT2D eigenvalue weighted by Gasteiger charge is -2.26. The summed E-state index contributed by atoms with van der Waals surface area (Å²) < 4.78 is 5.31. The molecule has 0 spiro atoms. The third kappa shape index (κ3) is 8.15. The van der Waals surface area contributed by atoms with Crippen LogP contribution in [0, 0.1) is 5.92 Å². The predicted molar refractivity (Wildman–Crippen MR) is 78.1 cm³/mol. The summed E-state index contributed by atoms with van der Waals surface area (Å²) in [5.41, 5.74) is -0.598. The van der Waals surface area contributed by atoms with Crippen molar-refractivity contribution < 1.29 is 19.4 Å². The van der Waals surface area contributed by atoms with Crippen molar-refractivity contribution in [3.63, 3.8) is 0 Å². The Hall–Kier alpha value is -1.10. The zero-order valence-electron chi connectivity index (χ0n) is 13.5. The van der Waals surface area contributed by atoms with Crippen LogP contribution in [-0.4, -0.2) is 34.7 Å². The van der Waals surface area contributed by atoms with Crippen LogP contribution >= 0.6 is 0 Å². The molecular formula is C15H29NO4. The lowest BCUT2D eigenvalue weighted by molar-refractivity contribution is -0.159. The van der Waals surface area contributed by atoms with E-state index in [1.165, 1.54) is 0 Å². The van der Waals surface area contributed by atoms with Crippen molar-refractivity contribution >= 4 is 11.9 Å². The topological polar surface area (TPSA) is 75.6 Å². The number of aliphatic hydroxyl groups excluding tert-OH is 1. The third-order valence-electron chi connectivity index (χ3n) is 2.58. The molecule has 0 aliphatic rings. The first-order valence-electron chi connectivity index (χ1n) is 7.28. The Kier molecular flexibility index (Phi) is 7.79. The predicted octanol–water partition coefficient (Wildman–Crippen LogP) is 2.02. The molecule has 2 unspecified atom stereocenters. The van der Waals surface area contributed by atoms with Gasteiger partial charge in [-0.05, 0) is 39.5 Å². The van der Waals surface area contributed by atoms with Crippen LogP contribution in [-0.2, 0) is 14.3 Å². The molecule has 0 aromatic rings. The molecule has 20 heavy (non-hydrogen) atoms. The Morgan fingerprint density at radius 3 is 2.20 bits per heavy atom. The van der Waals surface area contributed by atoms with Crippen LogP contribution in [0.3, 0.4) is 0 Å². The number of hydrogen-bond acceptors (Lipinski definition) is 4. The van der Waals surface area contributed by atoms with Crippen molar-refractivity contribution in [2.24, 2.45) is 5.92 Å². The summed E-state index contributed by atoms with van der Waals surface area (Å²) in [6.07, 6.45) is 0.501. The van der Waals surface area contributed by atoms with Gasteiger partial charge in [0.2, 0.25) is 5.91 Å². The van der Waals surface area contributed by atoms with Gasteiger partial charge in [0.25, 0.3) is 0 Å². The zero-order valence-corrected chi connectivity index (χ0v) is 13.5. The molecule has 5 heteroatoms. The van der Waals surface area contributed by atoms with E-state index in [0.717, 1.165) is 0 Å². The number of nitrogens with one attached hydrogen (secondary N) is 1. The molecule has 0 heterocycles. The highest BCUT2D eigenvalue weighted by Crippen LogP contribution is 2.13. The van der Waals surface area contributed by atoms with Crippen molar-refractivity contribution in [3.8, 4) is 0 Å². The Labute approximate surface area is 122 Å². The summed E-state index contributed by atoms with van der Waals surface area (Å²) in [5, 5.41) is 12.2. The monoisotopic (exact) mass is 287 g/mol. The molecule has 5 nitrogen and oxygen atoms in total. The molecule has 2 N–H and O–H groups in total. The Morgan fingerprint density at radius 1 is 1.25 bits per heavy atom. The number of rotatable bonds is 7. The Morgan fingerprint density at radius 2 is 1.80 bits per heavy atom. The van der Waals surface area contributed by atoms with E-state index in [0.29, 0.717) is 19.3 Å². The van der Waals surface area contributed by atoms with Gasteiger partial charge in [-0.1, -0.05) is 27.2 Å². The van der Waals surface area contributed by atoms with Gasteiger partial charge in [-0.2, -0.15) is 0 Å². The van der Waals surface area contributed by atoms with Crippen molar-refractivity contribution in [2.75, 3.05) is 0 Å². The van der Waals surface area contributed by atoms with Gasteiger partial charge in [0.05, 0.1) is 0 Å². The van der Waals surface area contributed by atoms with Crippen molar-refractivity contribution in [1.29, 1.82) is 0 Å². The second-order valence-corrected chi connectivity index (χ2v) is 6.53. The minimum Gasteiger partial charge on any atom is -0.458 e. The number of amides is 1. The van der Waals surface area contributed by atoms with Gasteiger partial charge in [-0.25, -0.2) is 4.79 Å². The molecule has 0 aromatic carbocycles. The number of hydrogen-bond donors (Lipinski definition) is 2. The van der Waals surface area contributed by atoms with Crippen molar-refractivity contribution in [2.45, 2.75) is 78.6 Å². The van der Waals surface area contributed by atoms with Gasteiger partial charge < -0.3 is 15.2 Å². The molecule has 0 saturated heterocycles. The fraction of sp³-hybridized carbons (Fsp3) is 0.867. The van der Waals surface area contributed by atoms with Crippen LogP contribution < -0.4 is 5.32 Å². The fourth-order valence-electron chi connectivity index (χ4n) is 1.73. The van der Waals surface area contributed by atoms with Gasteiger partial charge in [0.15, 0.2) is 0 Å². The summed E-state index contributed by atoms with van der Waals surface area (Å²) in [6, 6.07) is -0.715. The van der Waals surface area contributed by atoms with E-state index < -0.39 is 29.6 Å². The zero-order chi connectivity index (χ0) is 15.9. The molecule has 0 radical (unpaired) electrons. The molecule has 0 fully saturated rings. The molecule has 1 amide bonds. The maximum absolute atomic E-state index is 12.1. The molecule has 0 saturated carbocycles. The van der Waals surface area contributed by atoms with E-state index in [4.69, 9.17) is 4.74 Å². The summed E-state index contributed by atoms with van der Waals surface area (Å²) >= 11 is 0. The molecule has 0 bridgehead atoms. The Balaban J connectivity index is 4.72. The standard InChI is InChI=1S/C15H29NO4/c1-7-8-12(17)13(18)16-11(9-10(2)3)14(19)20-15(4,5)6/h10-12,17H,7-9H2,1-6H3,(H,16,18). The second-order valence-electron chi connectivity index (χ2n) is 6.53. The third-order valence-corrected chi connectivity index (χ3v) is 2.58. The number of carbonyl (C=O) groups is 2.